The van der Waals surface area contributed by atoms with Crippen LogP contribution in [0.15, 0.2) is 36.4 Å². The number of amides is 2. The van der Waals surface area contributed by atoms with Gasteiger partial charge in [-0.05, 0) is 90.7 Å². The third kappa shape index (κ3) is 3.86. The fourth-order valence-corrected chi connectivity index (χ4v) is 9.05. The Bertz CT molecular complexity index is 1010. The third-order valence-corrected chi connectivity index (χ3v) is 10.9. The molecule has 190 valence electrons. The van der Waals surface area contributed by atoms with E-state index in [0.717, 1.165) is 6.42 Å². The summed E-state index contributed by atoms with van der Waals surface area (Å²) in [6.45, 7) is 11.1. The Kier molecular flexibility index (Phi) is 6.17. The second kappa shape index (κ2) is 8.78. The molecule has 0 radical (unpaired) electrons. The number of nitrogens with zero attached hydrogens (tertiary/aromatic N) is 1. The Morgan fingerprint density at radius 3 is 2.34 bits per heavy atom. The highest BCUT2D eigenvalue weighted by Gasteiger charge is 2.61. The number of nitrogens with one attached hydrogen (secondary N) is 1. The van der Waals surface area contributed by atoms with Gasteiger partial charge < -0.3 is 10.2 Å². The van der Waals surface area contributed by atoms with Crippen LogP contribution < -0.4 is 5.32 Å². The van der Waals surface area contributed by atoms with Crippen molar-refractivity contribution < 1.29 is 9.59 Å². The molecule has 3 saturated carbocycles. The second-order valence-corrected chi connectivity index (χ2v) is 12.8. The summed E-state index contributed by atoms with van der Waals surface area (Å²) < 4.78 is 0. The quantitative estimate of drug-likeness (QED) is 0.559. The van der Waals surface area contributed by atoms with Gasteiger partial charge in [0.1, 0.15) is 0 Å². The predicted molar refractivity (Wildman–Crippen MR) is 141 cm³/mol. The van der Waals surface area contributed by atoms with E-state index in [0.29, 0.717) is 35.6 Å². The molecule has 5 rings (SSSR count). The zero-order chi connectivity index (χ0) is 25.1. The van der Waals surface area contributed by atoms with E-state index in [2.05, 4.69) is 63.4 Å². The van der Waals surface area contributed by atoms with E-state index in [1.807, 2.05) is 18.0 Å². The Balaban J connectivity index is 1.44. The number of rotatable bonds is 4. The first-order valence-electron chi connectivity index (χ1n) is 13.9. The van der Waals surface area contributed by atoms with E-state index < -0.39 is 0 Å². The summed E-state index contributed by atoms with van der Waals surface area (Å²) in [7, 11) is 2.00. The van der Waals surface area contributed by atoms with Crippen LogP contribution in [0.4, 0.5) is 0 Å². The van der Waals surface area contributed by atoms with Gasteiger partial charge in [0.25, 0.3) is 0 Å². The first-order chi connectivity index (χ1) is 16.6. The number of carbonyl (C=O) groups excluding carboxylic acids is 2. The van der Waals surface area contributed by atoms with E-state index >= 15 is 0 Å². The van der Waals surface area contributed by atoms with Crippen LogP contribution in [0.1, 0.15) is 96.2 Å². The van der Waals surface area contributed by atoms with Crippen molar-refractivity contribution in [2.45, 2.75) is 91.1 Å². The monoisotopic (exact) mass is 476 g/mol. The van der Waals surface area contributed by atoms with Crippen LogP contribution >= 0.6 is 0 Å². The molecule has 4 heteroatoms. The normalized spacial score (nSPS) is 39.1. The number of hydrogen-bond acceptors (Lipinski definition) is 2. The molecule has 2 amide bonds. The van der Waals surface area contributed by atoms with Crippen LogP contribution in [0.2, 0.25) is 0 Å². The van der Waals surface area contributed by atoms with Gasteiger partial charge in [-0.3, -0.25) is 9.59 Å². The second-order valence-electron chi connectivity index (χ2n) is 12.8. The van der Waals surface area contributed by atoms with Crippen molar-refractivity contribution in [2.75, 3.05) is 7.05 Å². The molecule has 3 fully saturated rings. The molecule has 4 aliphatic rings. The minimum Gasteiger partial charge on any atom is -0.349 e. The molecule has 1 unspecified atom stereocenters. The van der Waals surface area contributed by atoms with Crippen molar-refractivity contribution in [3.8, 4) is 0 Å². The lowest BCUT2D eigenvalue weighted by molar-refractivity contribution is -0.139. The first kappa shape index (κ1) is 24.6. The molecule has 8 atom stereocenters. The molecular formula is C31H44N2O2. The maximum absolute atomic E-state index is 12.4. The number of hydrogen-bond donors (Lipinski definition) is 1. The lowest BCUT2D eigenvalue weighted by Gasteiger charge is -2.60. The summed E-state index contributed by atoms with van der Waals surface area (Å²) >= 11 is 0. The van der Waals surface area contributed by atoms with Gasteiger partial charge in [-0.2, -0.15) is 0 Å². The zero-order valence-electron chi connectivity index (χ0n) is 22.5. The summed E-state index contributed by atoms with van der Waals surface area (Å²) in [6.07, 6.45) is 11.3. The summed E-state index contributed by atoms with van der Waals surface area (Å²) in [6, 6.07) is 9.40. The zero-order valence-corrected chi connectivity index (χ0v) is 22.5. The summed E-state index contributed by atoms with van der Waals surface area (Å²) in [5.41, 5.74) is 2.91. The highest BCUT2D eigenvalue weighted by Crippen LogP contribution is 2.67. The van der Waals surface area contributed by atoms with Crippen molar-refractivity contribution in [3.63, 3.8) is 0 Å². The number of fused-ring (bicyclic) bond motifs is 5. The lowest BCUT2D eigenvalue weighted by atomic mass is 9.47. The Labute approximate surface area is 211 Å². The molecule has 35 heavy (non-hydrogen) atoms. The van der Waals surface area contributed by atoms with Gasteiger partial charge in [-0.25, -0.2) is 0 Å². The van der Waals surface area contributed by atoms with Crippen LogP contribution in [-0.2, 0) is 9.59 Å². The Morgan fingerprint density at radius 2 is 1.69 bits per heavy atom. The van der Waals surface area contributed by atoms with Crippen molar-refractivity contribution >= 4 is 11.8 Å². The highest BCUT2D eigenvalue weighted by atomic mass is 16.2. The van der Waals surface area contributed by atoms with Gasteiger partial charge in [0.2, 0.25) is 11.8 Å². The lowest BCUT2D eigenvalue weighted by Crippen LogP contribution is -2.59. The molecule has 0 bridgehead atoms. The first-order valence-corrected chi connectivity index (χ1v) is 13.9. The van der Waals surface area contributed by atoms with E-state index in [9.17, 15) is 9.59 Å². The topological polar surface area (TPSA) is 49.4 Å². The molecule has 0 aromatic heterocycles. The van der Waals surface area contributed by atoms with Crippen LogP contribution in [0.5, 0.6) is 0 Å². The fraction of sp³-hybridized carbons (Fsp3) is 0.677. The van der Waals surface area contributed by atoms with Crippen molar-refractivity contribution in [1.82, 2.24) is 10.2 Å². The smallest absolute Gasteiger partial charge is 0.246 e. The van der Waals surface area contributed by atoms with Gasteiger partial charge in [0.05, 0.1) is 6.04 Å². The predicted octanol–water partition coefficient (Wildman–Crippen LogP) is 6.24. The molecule has 1 aromatic carbocycles. The molecular weight excluding hydrogens is 432 g/mol. The van der Waals surface area contributed by atoms with E-state index in [1.165, 1.54) is 43.2 Å². The average Bonchev–Trinajstić information content (AvgIpc) is 3.17. The fourth-order valence-electron chi connectivity index (χ4n) is 9.05. The molecule has 1 N–H and O–H groups in total. The summed E-state index contributed by atoms with van der Waals surface area (Å²) in [4.78, 5) is 26.8. The molecule has 0 saturated heterocycles. The SMILES string of the molecule is CC(=O)NC(c1ccc(C(C)C)cc1)[C@H]1CC[C@H]2[C@@H]3CC[C@H]4N(C)C(=O)C=C[C@]4(C)[C@H]3CC[C@]12C. The largest absolute Gasteiger partial charge is 0.349 e. The number of benzene rings is 1. The Morgan fingerprint density at radius 1 is 1.00 bits per heavy atom. The minimum atomic E-state index is 0.0664. The van der Waals surface area contributed by atoms with Gasteiger partial charge in [-0.1, -0.05) is 58.0 Å². The van der Waals surface area contributed by atoms with Crippen LogP contribution in [0, 0.1) is 34.5 Å². The molecule has 1 aliphatic heterocycles. The minimum absolute atomic E-state index is 0.0664. The maximum atomic E-state index is 12.4. The number of carbonyl (C=O) groups is 2. The van der Waals surface area contributed by atoms with Crippen LogP contribution in [-0.4, -0.2) is 29.8 Å². The van der Waals surface area contributed by atoms with Crippen LogP contribution in [0.3, 0.4) is 0 Å². The van der Waals surface area contributed by atoms with E-state index in [1.54, 1.807) is 6.92 Å². The van der Waals surface area contributed by atoms with Crippen molar-refractivity contribution in [3.05, 3.63) is 47.5 Å². The van der Waals surface area contributed by atoms with Gasteiger partial charge >= 0.3 is 0 Å². The summed E-state index contributed by atoms with van der Waals surface area (Å²) in [5, 5.41) is 3.39. The van der Waals surface area contributed by atoms with Crippen molar-refractivity contribution in [2.24, 2.45) is 34.5 Å². The molecule has 3 aliphatic carbocycles. The van der Waals surface area contributed by atoms with Crippen molar-refractivity contribution in [1.29, 1.82) is 0 Å². The van der Waals surface area contributed by atoms with Gasteiger partial charge in [-0.15, -0.1) is 0 Å². The molecule has 1 heterocycles. The molecule has 4 nitrogen and oxygen atoms in total. The standard InChI is InChI=1S/C31H44N2O2/c1-19(2)21-7-9-22(10-8-21)29(32-20(3)34)26-13-12-24-23-11-14-27-31(5,18-16-28(35)33(27)6)25(23)15-17-30(24,26)4/h7-10,16,18-19,23-27,29H,11-15,17H2,1-6H3,(H,32,34)/t23-,24-,25-,26+,27+,29?,30-,31+/m0/s1. The van der Waals surface area contributed by atoms with Gasteiger partial charge in [0.15, 0.2) is 0 Å². The average molecular weight is 477 g/mol. The van der Waals surface area contributed by atoms with E-state index in [4.69, 9.17) is 0 Å². The number of likely N-dealkylation sites (N-methyl/N-ethyl adjacent to an activating group) is 1. The van der Waals surface area contributed by atoms with Crippen LogP contribution in [0.25, 0.3) is 0 Å². The Hall–Kier alpha value is -2.10. The van der Waals surface area contributed by atoms with Gasteiger partial charge in [0, 0.05) is 25.4 Å². The summed E-state index contributed by atoms with van der Waals surface area (Å²) in [5.74, 6) is 3.21. The highest BCUT2D eigenvalue weighted by molar-refractivity contribution is 5.89. The third-order valence-electron chi connectivity index (χ3n) is 10.9. The molecule has 0 spiro atoms. The maximum Gasteiger partial charge on any atom is 0.246 e. The van der Waals surface area contributed by atoms with E-state index in [-0.39, 0.29) is 28.7 Å². The molecule has 1 aromatic rings.